The van der Waals surface area contributed by atoms with E-state index in [1.54, 1.807) is 11.3 Å². The lowest BCUT2D eigenvalue weighted by Crippen LogP contribution is -2.15. The molecule has 1 saturated carbocycles. The number of aromatic nitrogens is 2. The van der Waals surface area contributed by atoms with E-state index >= 15 is 0 Å². The van der Waals surface area contributed by atoms with Crippen LogP contribution in [0.15, 0.2) is 21.4 Å². The van der Waals surface area contributed by atoms with E-state index in [1.165, 1.54) is 17.7 Å². The van der Waals surface area contributed by atoms with Gasteiger partial charge in [-0.15, -0.1) is 11.3 Å². The van der Waals surface area contributed by atoms with Gasteiger partial charge in [0.15, 0.2) is 5.82 Å². The molecular weight excluding hydrogens is 324 g/mol. The van der Waals surface area contributed by atoms with E-state index < -0.39 is 0 Å². The largest absolute Gasteiger partial charge is 0.305 e. The van der Waals surface area contributed by atoms with E-state index in [0.717, 1.165) is 23.4 Å². The average Bonchev–Trinajstić information content (AvgIpc) is 3.03. The smallest absolute Gasteiger partial charge is 0.265 e. The minimum atomic E-state index is -0.0713. The molecule has 1 aliphatic carbocycles. The lowest BCUT2D eigenvalue weighted by atomic mass is 10.0. The molecule has 3 nitrogen and oxygen atoms in total. The number of nitrogens with one attached hydrogen (secondary N) is 1. The van der Waals surface area contributed by atoms with Gasteiger partial charge < -0.3 is 4.98 Å². The van der Waals surface area contributed by atoms with Gasteiger partial charge in [0.25, 0.3) is 5.56 Å². The third kappa shape index (κ3) is 2.54. The van der Waals surface area contributed by atoms with Crippen molar-refractivity contribution in [3.8, 4) is 10.7 Å². The Morgan fingerprint density at radius 2 is 2.11 bits per heavy atom. The van der Waals surface area contributed by atoms with Crippen LogP contribution in [-0.2, 0) is 0 Å². The van der Waals surface area contributed by atoms with Gasteiger partial charge >= 0.3 is 0 Å². The topological polar surface area (TPSA) is 45.8 Å². The Bertz CT molecular complexity index is 656. The molecule has 100 valence electrons. The summed E-state index contributed by atoms with van der Waals surface area (Å²) in [4.78, 5) is 21.9. The fourth-order valence-corrected chi connectivity index (χ4v) is 3.95. The number of hydrogen-bond donors (Lipinski definition) is 1. The summed E-state index contributed by atoms with van der Waals surface area (Å²) in [5.74, 6) is 1.13. The van der Waals surface area contributed by atoms with Crippen molar-refractivity contribution in [3.63, 3.8) is 0 Å². The molecule has 0 spiro atoms. The normalized spacial score (nSPS) is 16.1. The number of H-pyrrole nitrogens is 1. The lowest BCUT2D eigenvalue weighted by Gasteiger charge is -2.11. The zero-order chi connectivity index (χ0) is 13.4. The highest BCUT2D eigenvalue weighted by Gasteiger charge is 2.23. The molecule has 2 aromatic rings. The molecule has 0 bridgehead atoms. The van der Waals surface area contributed by atoms with Gasteiger partial charge in [0.1, 0.15) is 4.47 Å². The summed E-state index contributed by atoms with van der Waals surface area (Å²) in [7, 11) is 0. The SMILES string of the molecule is Cc1ccc(-c2nc(C3CCCC3)c(Br)c(=O)[nH]2)s1. The standard InChI is InChI=1S/C14H15BrN2OS/c1-8-6-7-10(19-8)13-16-12(9-4-2-3-5-9)11(15)14(18)17-13/h6-7,9H,2-5H2,1H3,(H,16,17,18). The third-order valence-electron chi connectivity index (χ3n) is 3.60. The number of nitrogens with zero attached hydrogens (tertiary/aromatic N) is 1. The average molecular weight is 339 g/mol. The first-order valence-corrected chi connectivity index (χ1v) is 8.12. The number of aromatic amines is 1. The zero-order valence-corrected chi connectivity index (χ0v) is 13.1. The molecule has 0 unspecified atom stereocenters. The van der Waals surface area contributed by atoms with E-state index in [2.05, 4.69) is 33.9 Å². The first-order chi connectivity index (χ1) is 9.15. The van der Waals surface area contributed by atoms with Gasteiger partial charge in [-0.3, -0.25) is 4.79 Å². The summed E-state index contributed by atoms with van der Waals surface area (Å²) in [6.07, 6.45) is 4.74. The summed E-state index contributed by atoms with van der Waals surface area (Å²) in [6.45, 7) is 2.06. The molecule has 19 heavy (non-hydrogen) atoms. The Labute approximate surface area is 124 Å². The highest BCUT2D eigenvalue weighted by atomic mass is 79.9. The van der Waals surface area contributed by atoms with Crippen LogP contribution in [0.1, 0.15) is 42.2 Å². The first-order valence-electron chi connectivity index (χ1n) is 6.51. The Kier molecular flexibility index (Phi) is 3.58. The van der Waals surface area contributed by atoms with Crippen LogP contribution < -0.4 is 5.56 Å². The molecule has 1 N–H and O–H groups in total. The van der Waals surface area contributed by atoms with E-state index in [-0.39, 0.29) is 5.56 Å². The lowest BCUT2D eigenvalue weighted by molar-refractivity contribution is 0.688. The second-order valence-electron chi connectivity index (χ2n) is 5.01. The Morgan fingerprint density at radius 1 is 1.37 bits per heavy atom. The molecule has 0 aromatic carbocycles. The zero-order valence-electron chi connectivity index (χ0n) is 10.7. The molecule has 0 amide bonds. The van der Waals surface area contributed by atoms with Crippen LogP contribution in [0.3, 0.4) is 0 Å². The van der Waals surface area contributed by atoms with Crippen molar-refractivity contribution in [2.24, 2.45) is 0 Å². The van der Waals surface area contributed by atoms with Crippen LogP contribution in [0.5, 0.6) is 0 Å². The first kappa shape index (κ1) is 13.1. The molecule has 2 aromatic heterocycles. The summed E-state index contributed by atoms with van der Waals surface area (Å²) < 4.78 is 0.608. The maximum atomic E-state index is 12.1. The van der Waals surface area contributed by atoms with Gasteiger partial charge in [-0.1, -0.05) is 12.8 Å². The molecular formula is C14H15BrN2OS. The number of thiophene rings is 1. The summed E-state index contributed by atoms with van der Waals surface area (Å²) in [6, 6.07) is 4.07. The van der Waals surface area contributed by atoms with Crippen LogP contribution in [0.4, 0.5) is 0 Å². The van der Waals surface area contributed by atoms with Crippen molar-refractivity contribution >= 4 is 27.3 Å². The molecule has 2 heterocycles. The van der Waals surface area contributed by atoms with Crippen LogP contribution in [0, 0.1) is 6.92 Å². The fraction of sp³-hybridized carbons (Fsp3) is 0.429. The Hall–Kier alpha value is -0.940. The molecule has 0 radical (unpaired) electrons. The highest BCUT2D eigenvalue weighted by molar-refractivity contribution is 9.10. The Balaban J connectivity index is 2.09. The van der Waals surface area contributed by atoms with Crippen molar-refractivity contribution < 1.29 is 0 Å². The van der Waals surface area contributed by atoms with Gasteiger partial charge in [-0.25, -0.2) is 4.98 Å². The second kappa shape index (κ2) is 5.21. The van der Waals surface area contributed by atoms with Crippen molar-refractivity contribution in [1.29, 1.82) is 0 Å². The molecule has 3 rings (SSSR count). The summed E-state index contributed by atoms with van der Waals surface area (Å²) in [5, 5.41) is 0. The number of halogens is 1. The van der Waals surface area contributed by atoms with Crippen molar-refractivity contribution in [2.45, 2.75) is 38.5 Å². The number of aryl methyl sites for hydroxylation is 1. The quantitative estimate of drug-likeness (QED) is 0.890. The minimum Gasteiger partial charge on any atom is -0.305 e. The van der Waals surface area contributed by atoms with Crippen molar-refractivity contribution in [1.82, 2.24) is 9.97 Å². The summed E-state index contributed by atoms with van der Waals surface area (Å²) in [5.41, 5.74) is 0.861. The van der Waals surface area contributed by atoms with Crippen LogP contribution in [-0.4, -0.2) is 9.97 Å². The second-order valence-corrected chi connectivity index (χ2v) is 7.09. The molecule has 0 aliphatic heterocycles. The van der Waals surface area contributed by atoms with Gasteiger partial charge in [0.2, 0.25) is 0 Å². The minimum absolute atomic E-state index is 0.0713. The molecule has 1 fully saturated rings. The van der Waals surface area contributed by atoms with Crippen LogP contribution in [0.2, 0.25) is 0 Å². The van der Waals surface area contributed by atoms with Crippen molar-refractivity contribution in [3.05, 3.63) is 37.5 Å². The van der Waals surface area contributed by atoms with Crippen LogP contribution in [0.25, 0.3) is 10.7 Å². The van der Waals surface area contributed by atoms with Crippen molar-refractivity contribution in [2.75, 3.05) is 0 Å². The highest BCUT2D eigenvalue weighted by Crippen LogP contribution is 2.36. The van der Waals surface area contributed by atoms with Crippen LogP contribution >= 0.6 is 27.3 Å². The van der Waals surface area contributed by atoms with Gasteiger partial charge in [-0.05, 0) is 47.8 Å². The summed E-state index contributed by atoms with van der Waals surface area (Å²) >= 11 is 5.06. The van der Waals surface area contributed by atoms with E-state index in [0.29, 0.717) is 16.2 Å². The van der Waals surface area contributed by atoms with E-state index in [4.69, 9.17) is 4.98 Å². The maximum absolute atomic E-state index is 12.1. The molecule has 1 aliphatic rings. The molecule has 0 atom stereocenters. The monoisotopic (exact) mass is 338 g/mol. The van der Waals surface area contributed by atoms with Gasteiger partial charge in [-0.2, -0.15) is 0 Å². The maximum Gasteiger partial charge on any atom is 0.265 e. The predicted octanol–water partition coefficient (Wildman–Crippen LogP) is 4.23. The predicted molar refractivity (Wildman–Crippen MR) is 81.8 cm³/mol. The van der Waals surface area contributed by atoms with Gasteiger partial charge in [0, 0.05) is 10.8 Å². The van der Waals surface area contributed by atoms with Gasteiger partial charge in [0.05, 0.1) is 10.6 Å². The number of hydrogen-bond acceptors (Lipinski definition) is 3. The molecule has 5 heteroatoms. The molecule has 0 saturated heterocycles. The van der Waals surface area contributed by atoms with E-state index in [1.807, 2.05) is 6.07 Å². The fourth-order valence-electron chi connectivity index (χ4n) is 2.62. The third-order valence-corrected chi connectivity index (χ3v) is 5.38. The Morgan fingerprint density at radius 3 is 2.74 bits per heavy atom. The van der Waals surface area contributed by atoms with E-state index in [9.17, 15) is 4.79 Å². The number of rotatable bonds is 2.